The summed E-state index contributed by atoms with van der Waals surface area (Å²) in [5.41, 5.74) is 3.38. The number of benzene rings is 1. The Balaban J connectivity index is 1.65. The number of methoxy groups -OCH3 is 1. The number of carbonyl (C=O) groups is 1. The first-order chi connectivity index (χ1) is 12.6. The van der Waals surface area contributed by atoms with Crippen molar-refractivity contribution in [2.45, 2.75) is 26.8 Å². The molecular formula is C20H28N4O2. The van der Waals surface area contributed by atoms with Crippen LogP contribution in [-0.2, 0) is 16.1 Å². The summed E-state index contributed by atoms with van der Waals surface area (Å²) >= 11 is 0. The highest BCUT2D eigenvalue weighted by Gasteiger charge is 2.28. The zero-order valence-electron chi connectivity index (χ0n) is 15.9. The molecule has 1 atom stereocenters. The van der Waals surface area contributed by atoms with E-state index in [-0.39, 0.29) is 11.8 Å². The van der Waals surface area contributed by atoms with Crippen molar-refractivity contribution in [1.29, 1.82) is 0 Å². The SMILES string of the molecule is COCCN1CCC(C(=O)Nc2c(C)cnn2Cc2cccc(C)c2)C1. The first-order valence-corrected chi connectivity index (χ1v) is 9.17. The van der Waals surface area contributed by atoms with Gasteiger partial charge in [-0.3, -0.25) is 4.79 Å². The number of carbonyl (C=O) groups excluding carboxylic acids is 1. The standard InChI is InChI=1S/C20H28N4O2/c1-15-5-4-6-17(11-15)13-24-19(16(2)12-21-24)22-20(25)18-7-8-23(14-18)9-10-26-3/h4-6,11-12,18H,7-10,13-14H2,1-3H3,(H,22,25). The Morgan fingerprint density at radius 2 is 2.23 bits per heavy atom. The summed E-state index contributed by atoms with van der Waals surface area (Å²) in [4.78, 5) is 15.0. The maximum absolute atomic E-state index is 12.7. The van der Waals surface area contributed by atoms with Gasteiger partial charge in [0, 0.05) is 25.8 Å². The van der Waals surface area contributed by atoms with Gasteiger partial charge in [0.1, 0.15) is 5.82 Å². The van der Waals surface area contributed by atoms with E-state index in [1.54, 1.807) is 7.11 Å². The zero-order valence-corrected chi connectivity index (χ0v) is 15.9. The molecule has 0 spiro atoms. The van der Waals surface area contributed by atoms with Crippen molar-refractivity contribution in [2.75, 3.05) is 38.7 Å². The van der Waals surface area contributed by atoms with Gasteiger partial charge < -0.3 is 15.0 Å². The van der Waals surface area contributed by atoms with Gasteiger partial charge in [-0.1, -0.05) is 29.8 Å². The van der Waals surface area contributed by atoms with Crippen LogP contribution in [0, 0.1) is 19.8 Å². The predicted octanol–water partition coefficient (Wildman–Crippen LogP) is 2.46. The molecule has 1 N–H and O–H groups in total. The summed E-state index contributed by atoms with van der Waals surface area (Å²) in [6.07, 6.45) is 2.70. The average Bonchev–Trinajstić information content (AvgIpc) is 3.22. The number of hydrogen-bond donors (Lipinski definition) is 1. The highest BCUT2D eigenvalue weighted by molar-refractivity contribution is 5.92. The number of aryl methyl sites for hydroxylation is 2. The van der Waals surface area contributed by atoms with Crippen LogP contribution in [0.3, 0.4) is 0 Å². The number of anilines is 1. The topological polar surface area (TPSA) is 59.4 Å². The quantitative estimate of drug-likeness (QED) is 0.828. The van der Waals surface area contributed by atoms with E-state index in [0.29, 0.717) is 13.2 Å². The van der Waals surface area contributed by atoms with Crippen LogP contribution in [0.1, 0.15) is 23.1 Å². The molecule has 0 radical (unpaired) electrons. The first kappa shape index (κ1) is 18.6. The van der Waals surface area contributed by atoms with Gasteiger partial charge in [-0.2, -0.15) is 5.10 Å². The summed E-state index contributed by atoms with van der Waals surface area (Å²) < 4.78 is 7.00. The number of ether oxygens (including phenoxy) is 1. The Bertz CT molecular complexity index is 756. The number of nitrogens with one attached hydrogen (secondary N) is 1. The van der Waals surface area contributed by atoms with Crippen molar-refractivity contribution in [2.24, 2.45) is 5.92 Å². The highest BCUT2D eigenvalue weighted by atomic mass is 16.5. The fraction of sp³-hybridized carbons (Fsp3) is 0.500. The van der Waals surface area contributed by atoms with Gasteiger partial charge in [-0.25, -0.2) is 4.68 Å². The third-order valence-electron chi connectivity index (χ3n) is 4.93. The molecule has 1 aliphatic rings. The maximum Gasteiger partial charge on any atom is 0.229 e. The Morgan fingerprint density at radius 3 is 3.00 bits per heavy atom. The van der Waals surface area contributed by atoms with Crippen LogP contribution in [-0.4, -0.2) is 53.9 Å². The van der Waals surface area contributed by atoms with Crippen LogP contribution in [0.2, 0.25) is 0 Å². The van der Waals surface area contributed by atoms with E-state index in [4.69, 9.17) is 4.74 Å². The second-order valence-corrected chi connectivity index (χ2v) is 7.09. The molecular weight excluding hydrogens is 328 g/mol. The molecule has 1 aromatic heterocycles. The molecule has 1 aromatic carbocycles. The fourth-order valence-corrected chi connectivity index (χ4v) is 3.43. The lowest BCUT2D eigenvalue weighted by Gasteiger charge is -2.16. The summed E-state index contributed by atoms with van der Waals surface area (Å²) in [6, 6.07) is 8.36. The summed E-state index contributed by atoms with van der Waals surface area (Å²) in [7, 11) is 1.71. The lowest BCUT2D eigenvalue weighted by atomic mass is 10.1. The van der Waals surface area contributed by atoms with Crippen LogP contribution < -0.4 is 5.32 Å². The minimum atomic E-state index is 0.0218. The number of nitrogens with zero attached hydrogens (tertiary/aromatic N) is 3. The van der Waals surface area contributed by atoms with Crippen LogP contribution in [0.4, 0.5) is 5.82 Å². The zero-order chi connectivity index (χ0) is 18.5. The molecule has 0 saturated carbocycles. The smallest absolute Gasteiger partial charge is 0.229 e. The summed E-state index contributed by atoms with van der Waals surface area (Å²) in [5, 5.41) is 7.57. The Hall–Kier alpha value is -2.18. The van der Waals surface area contributed by atoms with E-state index in [1.807, 2.05) is 23.9 Å². The highest BCUT2D eigenvalue weighted by Crippen LogP contribution is 2.21. The van der Waals surface area contributed by atoms with Gasteiger partial charge in [0.2, 0.25) is 5.91 Å². The normalized spacial score (nSPS) is 17.6. The van der Waals surface area contributed by atoms with Crippen molar-refractivity contribution >= 4 is 11.7 Å². The molecule has 0 aliphatic carbocycles. The lowest BCUT2D eigenvalue weighted by molar-refractivity contribution is -0.119. The van der Waals surface area contributed by atoms with Crippen molar-refractivity contribution in [3.8, 4) is 0 Å². The van der Waals surface area contributed by atoms with Crippen molar-refractivity contribution in [3.05, 3.63) is 47.2 Å². The van der Waals surface area contributed by atoms with Crippen molar-refractivity contribution in [3.63, 3.8) is 0 Å². The number of likely N-dealkylation sites (tertiary alicyclic amines) is 1. The Morgan fingerprint density at radius 1 is 1.38 bits per heavy atom. The summed E-state index contributed by atoms with van der Waals surface area (Å²) in [6.45, 7) is 8.03. The monoisotopic (exact) mass is 356 g/mol. The Labute approximate surface area is 155 Å². The maximum atomic E-state index is 12.7. The number of rotatable bonds is 7. The van der Waals surface area contributed by atoms with E-state index >= 15 is 0 Å². The third-order valence-corrected chi connectivity index (χ3v) is 4.93. The summed E-state index contributed by atoms with van der Waals surface area (Å²) in [5.74, 6) is 0.902. The first-order valence-electron chi connectivity index (χ1n) is 9.17. The third kappa shape index (κ3) is 4.51. The second-order valence-electron chi connectivity index (χ2n) is 7.09. The van der Waals surface area contributed by atoms with Crippen LogP contribution in [0.15, 0.2) is 30.5 Å². The molecule has 140 valence electrons. The predicted molar refractivity (Wildman–Crippen MR) is 102 cm³/mol. The van der Waals surface area contributed by atoms with Gasteiger partial charge in [0.25, 0.3) is 0 Å². The number of amides is 1. The van der Waals surface area contributed by atoms with Crippen LogP contribution in [0.5, 0.6) is 0 Å². The van der Waals surface area contributed by atoms with E-state index < -0.39 is 0 Å². The molecule has 1 fully saturated rings. The minimum absolute atomic E-state index is 0.0218. The van der Waals surface area contributed by atoms with E-state index in [9.17, 15) is 4.79 Å². The largest absolute Gasteiger partial charge is 0.383 e. The molecule has 2 heterocycles. The molecule has 0 bridgehead atoms. The van der Waals surface area contributed by atoms with E-state index in [1.165, 1.54) is 11.1 Å². The van der Waals surface area contributed by atoms with Crippen LogP contribution in [0.25, 0.3) is 0 Å². The fourth-order valence-electron chi connectivity index (χ4n) is 3.43. The van der Waals surface area contributed by atoms with Crippen molar-refractivity contribution < 1.29 is 9.53 Å². The van der Waals surface area contributed by atoms with E-state index in [0.717, 1.165) is 37.4 Å². The lowest BCUT2D eigenvalue weighted by Crippen LogP contribution is -2.29. The minimum Gasteiger partial charge on any atom is -0.383 e. The molecule has 6 heteroatoms. The van der Waals surface area contributed by atoms with Gasteiger partial charge in [0.15, 0.2) is 0 Å². The van der Waals surface area contributed by atoms with Crippen molar-refractivity contribution in [1.82, 2.24) is 14.7 Å². The van der Waals surface area contributed by atoms with E-state index in [2.05, 4.69) is 40.4 Å². The molecule has 3 rings (SSSR count). The van der Waals surface area contributed by atoms with Gasteiger partial charge in [0.05, 0.1) is 25.3 Å². The van der Waals surface area contributed by atoms with Gasteiger partial charge in [-0.15, -0.1) is 0 Å². The molecule has 2 aromatic rings. The molecule has 6 nitrogen and oxygen atoms in total. The molecule has 1 aliphatic heterocycles. The molecule has 1 amide bonds. The second kappa shape index (κ2) is 8.47. The molecule has 26 heavy (non-hydrogen) atoms. The average molecular weight is 356 g/mol. The number of aromatic nitrogens is 2. The number of hydrogen-bond acceptors (Lipinski definition) is 4. The molecule has 1 unspecified atom stereocenters. The van der Waals surface area contributed by atoms with Gasteiger partial charge >= 0.3 is 0 Å². The Kier molecular flexibility index (Phi) is 6.06. The van der Waals surface area contributed by atoms with Crippen LogP contribution >= 0.6 is 0 Å². The molecule has 1 saturated heterocycles. The van der Waals surface area contributed by atoms with Gasteiger partial charge in [-0.05, 0) is 32.4 Å².